The van der Waals surface area contributed by atoms with Crippen LogP contribution in [-0.4, -0.2) is 41.5 Å². The van der Waals surface area contributed by atoms with E-state index in [-0.39, 0.29) is 12.5 Å². The smallest absolute Gasteiger partial charge is 0.310 e. The molecule has 0 spiro atoms. The van der Waals surface area contributed by atoms with Gasteiger partial charge in [0, 0.05) is 10.1 Å². The first-order chi connectivity index (χ1) is 9.90. The minimum atomic E-state index is -0.787. The van der Waals surface area contributed by atoms with Gasteiger partial charge in [-0.15, -0.1) is 0 Å². The molecular weight excluding hydrogens is 383 g/mol. The van der Waals surface area contributed by atoms with Crippen LogP contribution in [0.2, 0.25) is 0 Å². The van der Waals surface area contributed by atoms with Gasteiger partial charge in [0.25, 0.3) is 0 Å². The van der Waals surface area contributed by atoms with Crippen LogP contribution in [0.15, 0.2) is 24.3 Å². The number of carbonyl (C=O) groups is 2. The Hall–Kier alpha value is -1.15. The molecule has 2 rings (SSSR count). The molecular formula is C15H19IN2O3. The number of amides is 1. The second-order valence-electron chi connectivity index (χ2n) is 5.71. The number of hydrogen-bond acceptors (Lipinski definition) is 3. The van der Waals surface area contributed by atoms with Gasteiger partial charge in [-0.3, -0.25) is 14.5 Å². The highest BCUT2D eigenvalue weighted by Crippen LogP contribution is 2.29. The first-order valence-electron chi connectivity index (χ1n) is 6.91. The fraction of sp³-hybridized carbons (Fsp3) is 0.467. The molecule has 114 valence electrons. The fourth-order valence-corrected chi connectivity index (χ4v) is 3.13. The lowest BCUT2D eigenvalue weighted by Gasteiger charge is -2.37. The number of para-hydroxylation sites is 1. The zero-order valence-corrected chi connectivity index (χ0v) is 14.1. The molecule has 1 aliphatic rings. The number of carbonyl (C=O) groups excluding carboxylic acids is 1. The summed E-state index contributed by atoms with van der Waals surface area (Å²) in [4.78, 5) is 25.3. The predicted molar refractivity (Wildman–Crippen MR) is 89.2 cm³/mol. The third-order valence-corrected chi connectivity index (χ3v) is 4.75. The van der Waals surface area contributed by atoms with Crippen LogP contribution >= 0.6 is 22.6 Å². The van der Waals surface area contributed by atoms with E-state index < -0.39 is 11.4 Å². The van der Waals surface area contributed by atoms with Crippen LogP contribution in [-0.2, 0) is 9.59 Å². The zero-order chi connectivity index (χ0) is 15.5. The van der Waals surface area contributed by atoms with Crippen molar-refractivity contribution >= 4 is 40.2 Å². The average Bonchev–Trinajstić information content (AvgIpc) is 2.41. The first-order valence-corrected chi connectivity index (χ1v) is 7.99. The number of anilines is 1. The van der Waals surface area contributed by atoms with Crippen molar-refractivity contribution < 1.29 is 14.7 Å². The number of likely N-dealkylation sites (tertiary alicyclic amines) is 1. The van der Waals surface area contributed by atoms with E-state index in [9.17, 15) is 14.7 Å². The van der Waals surface area contributed by atoms with Gasteiger partial charge < -0.3 is 10.4 Å². The summed E-state index contributed by atoms with van der Waals surface area (Å²) in [6, 6.07) is 7.58. The highest BCUT2D eigenvalue weighted by Gasteiger charge is 2.38. The summed E-state index contributed by atoms with van der Waals surface area (Å²) in [5.41, 5.74) is 0.0424. The number of carboxylic acid groups (broad SMARTS) is 1. The third-order valence-electron chi connectivity index (χ3n) is 3.81. The molecule has 1 fully saturated rings. The number of rotatable bonds is 4. The van der Waals surface area contributed by atoms with Crippen LogP contribution in [0.4, 0.5) is 5.69 Å². The molecule has 21 heavy (non-hydrogen) atoms. The van der Waals surface area contributed by atoms with Crippen LogP contribution < -0.4 is 5.32 Å². The maximum atomic E-state index is 12.1. The van der Waals surface area contributed by atoms with Gasteiger partial charge in [0.05, 0.1) is 17.6 Å². The van der Waals surface area contributed by atoms with Crippen molar-refractivity contribution in [3.8, 4) is 0 Å². The summed E-state index contributed by atoms with van der Waals surface area (Å²) in [5.74, 6) is -0.890. The van der Waals surface area contributed by atoms with Crippen molar-refractivity contribution in [2.24, 2.45) is 5.41 Å². The quantitative estimate of drug-likeness (QED) is 0.760. The number of carboxylic acids is 1. The van der Waals surface area contributed by atoms with E-state index in [2.05, 4.69) is 27.9 Å². The number of hydrogen-bond donors (Lipinski definition) is 2. The highest BCUT2D eigenvalue weighted by atomic mass is 127. The molecule has 1 amide bonds. The molecule has 1 aromatic carbocycles. The SMILES string of the molecule is CC1(C(=O)O)CCCN(CC(=O)Nc2ccccc2I)C1. The first kappa shape index (κ1) is 16.2. The maximum Gasteiger partial charge on any atom is 0.310 e. The molecule has 0 radical (unpaired) electrons. The summed E-state index contributed by atoms with van der Waals surface area (Å²) < 4.78 is 0.984. The Morgan fingerprint density at radius 2 is 2.14 bits per heavy atom. The number of piperidine rings is 1. The fourth-order valence-electron chi connectivity index (χ4n) is 2.61. The minimum Gasteiger partial charge on any atom is -0.481 e. The topological polar surface area (TPSA) is 69.6 Å². The normalized spacial score (nSPS) is 22.8. The lowest BCUT2D eigenvalue weighted by atomic mass is 9.82. The number of halogens is 1. The second-order valence-corrected chi connectivity index (χ2v) is 6.87. The van der Waals surface area contributed by atoms with Crippen LogP contribution in [0, 0.1) is 8.99 Å². The Bertz CT molecular complexity index is 549. The molecule has 6 heteroatoms. The Labute approximate surface area is 137 Å². The Morgan fingerprint density at radius 1 is 1.43 bits per heavy atom. The summed E-state index contributed by atoms with van der Waals surface area (Å²) in [5, 5.41) is 12.2. The molecule has 0 aromatic heterocycles. The van der Waals surface area contributed by atoms with Crippen LogP contribution in [0.3, 0.4) is 0 Å². The molecule has 0 saturated carbocycles. The van der Waals surface area contributed by atoms with Gasteiger partial charge in [-0.1, -0.05) is 12.1 Å². The van der Waals surface area contributed by atoms with Crippen LogP contribution in [0.1, 0.15) is 19.8 Å². The molecule has 1 aromatic rings. The molecule has 1 aliphatic heterocycles. The standard InChI is InChI=1S/C15H19IN2O3/c1-15(14(20)21)7-4-8-18(10-15)9-13(19)17-12-6-3-2-5-11(12)16/h2-3,5-6H,4,7-10H2,1H3,(H,17,19)(H,20,21). The van der Waals surface area contributed by atoms with E-state index in [0.717, 1.165) is 22.2 Å². The van der Waals surface area contributed by atoms with Gasteiger partial charge in [0.2, 0.25) is 5.91 Å². The van der Waals surface area contributed by atoms with E-state index in [1.807, 2.05) is 29.2 Å². The Kier molecular flexibility index (Phi) is 5.21. The molecule has 2 N–H and O–H groups in total. The Morgan fingerprint density at radius 3 is 2.81 bits per heavy atom. The summed E-state index contributed by atoms with van der Waals surface area (Å²) in [6.07, 6.45) is 1.47. The molecule has 0 aliphatic carbocycles. The van der Waals surface area contributed by atoms with Gasteiger partial charge in [-0.25, -0.2) is 0 Å². The number of nitrogens with zero attached hydrogens (tertiary/aromatic N) is 1. The third kappa shape index (κ3) is 4.16. The molecule has 1 heterocycles. The van der Waals surface area contributed by atoms with Crippen LogP contribution in [0.25, 0.3) is 0 Å². The van der Waals surface area contributed by atoms with Gasteiger partial charge in [0.15, 0.2) is 0 Å². The summed E-state index contributed by atoms with van der Waals surface area (Å²) >= 11 is 2.17. The van der Waals surface area contributed by atoms with E-state index in [1.165, 1.54) is 0 Å². The molecule has 5 nitrogen and oxygen atoms in total. The maximum absolute atomic E-state index is 12.1. The molecule has 1 unspecified atom stereocenters. The van der Waals surface area contributed by atoms with Gasteiger partial charge in [0.1, 0.15) is 0 Å². The van der Waals surface area contributed by atoms with E-state index in [1.54, 1.807) is 6.92 Å². The van der Waals surface area contributed by atoms with Gasteiger partial charge in [-0.05, 0) is 61.0 Å². The average molecular weight is 402 g/mol. The minimum absolute atomic E-state index is 0.103. The molecule has 1 saturated heterocycles. The lowest BCUT2D eigenvalue weighted by Crippen LogP contribution is -2.48. The largest absolute Gasteiger partial charge is 0.481 e. The monoisotopic (exact) mass is 402 g/mol. The number of nitrogens with one attached hydrogen (secondary N) is 1. The van der Waals surface area contributed by atoms with Gasteiger partial charge >= 0.3 is 5.97 Å². The number of benzene rings is 1. The van der Waals surface area contributed by atoms with E-state index >= 15 is 0 Å². The zero-order valence-electron chi connectivity index (χ0n) is 11.9. The van der Waals surface area contributed by atoms with Crippen molar-refractivity contribution in [3.05, 3.63) is 27.8 Å². The van der Waals surface area contributed by atoms with E-state index in [4.69, 9.17) is 0 Å². The van der Waals surface area contributed by atoms with Crippen molar-refractivity contribution in [2.45, 2.75) is 19.8 Å². The second kappa shape index (κ2) is 6.74. The molecule has 1 atom stereocenters. The van der Waals surface area contributed by atoms with Crippen molar-refractivity contribution in [3.63, 3.8) is 0 Å². The lowest BCUT2D eigenvalue weighted by molar-refractivity contribution is -0.151. The van der Waals surface area contributed by atoms with E-state index in [0.29, 0.717) is 13.0 Å². The Balaban J connectivity index is 1.94. The van der Waals surface area contributed by atoms with Crippen molar-refractivity contribution in [2.75, 3.05) is 25.0 Å². The highest BCUT2D eigenvalue weighted by molar-refractivity contribution is 14.1. The van der Waals surface area contributed by atoms with Crippen LogP contribution in [0.5, 0.6) is 0 Å². The summed E-state index contributed by atoms with van der Waals surface area (Å²) in [7, 11) is 0. The number of aliphatic carboxylic acids is 1. The van der Waals surface area contributed by atoms with Crippen molar-refractivity contribution in [1.82, 2.24) is 4.90 Å². The molecule has 0 bridgehead atoms. The van der Waals surface area contributed by atoms with Crippen molar-refractivity contribution in [1.29, 1.82) is 0 Å². The summed E-state index contributed by atoms with van der Waals surface area (Å²) in [6.45, 7) is 3.16. The predicted octanol–water partition coefficient (Wildman–Crippen LogP) is 2.42. The van der Waals surface area contributed by atoms with Gasteiger partial charge in [-0.2, -0.15) is 0 Å².